The van der Waals surface area contributed by atoms with Crippen LogP contribution in [0.3, 0.4) is 0 Å². The molecular formula is C17H15N7O3. The highest BCUT2D eigenvalue weighted by Crippen LogP contribution is 2.32. The van der Waals surface area contributed by atoms with Crippen LogP contribution in [-0.2, 0) is 11.5 Å². The number of hydrogen-bond acceptors (Lipinski definition) is 9. The second kappa shape index (κ2) is 7.40. The van der Waals surface area contributed by atoms with E-state index < -0.39 is 5.97 Å². The van der Waals surface area contributed by atoms with Gasteiger partial charge in [-0.05, 0) is 18.2 Å². The van der Waals surface area contributed by atoms with E-state index in [1.54, 1.807) is 30.5 Å². The predicted molar refractivity (Wildman–Crippen MR) is 95.2 cm³/mol. The molecule has 3 rings (SSSR count). The third kappa shape index (κ3) is 3.62. The van der Waals surface area contributed by atoms with Crippen LogP contribution in [0.4, 0.5) is 11.8 Å². The number of carbonyl (C=O) groups excluding carboxylic acids is 1. The van der Waals surface area contributed by atoms with Gasteiger partial charge < -0.3 is 20.9 Å². The highest BCUT2D eigenvalue weighted by atomic mass is 16.5. The summed E-state index contributed by atoms with van der Waals surface area (Å²) >= 11 is 0. The SMILES string of the molecule is COC(=O)c1ccn(COc2ccccc2-c2nc(N)nc(N)c2C#N)n1. The van der Waals surface area contributed by atoms with Gasteiger partial charge in [-0.15, -0.1) is 0 Å². The van der Waals surface area contributed by atoms with Crippen LogP contribution < -0.4 is 16.2 Å². The number of nitrogens with two attached hydrogens (primary N) is 2. The molecule has 10 heteroatoms. The van der Waals surface area contributed by atoms with E-state index in [1.807, 2.05) is 6.07 Å². The monoisotopic (exact) mass is 365 g/mol. The van der Waals surface area contributed by atoms with Crippen molar-refractivity contribution in [1.82, 2.24) is 19.7 Å². The molecule has 0 aliphatic heterocycles. The van der Waals surface area contributed by atoms with Gasteiger partial charge in [0.25, 0.3) is 0 Å². The van der Waals surface area contributed by atoms with E-state index in [0.29, 0.717) is 11.3 Å². The normalized spacial score (nSPS) is 10.2. The third-order valence-corrected chi connectivity index (χ3v) is 3.60. The predicted octanol–water partition coefficient (Wildman–Crippen LogP) is 1.20. The number of hydrogen-bond donors (Lipinski definition) is 2. The molecule has 136 valence electrons. The molecule has 0 saturated carbocycles. The number of aromatic nitrogens is 4. The second-order valence-corrected chi connectivity index (χ2v) is 5.30. The Morgan fingerprint density at radius 1 is 1.26 bits per heavy atom. The molecule has 4 N–H and O–H groups in total. The van der Waals surface area contributed by atoms with Crippen molar-refractivity contribution in [3.63, 3.8) is 0 Å². The average Bonchev–Trinajstić information content (AvgIpc) is 3.14. The minimum atomic E-state index is -0.542. The van der Waals surface area contributed by atoms with Crippen LogP contribution in [0.5, 0.6) is 5.75 Å². The molecule has 0 radical (unpaired) electrons. The van der Waals surface area contributed by atoms with E-state index in [4.69, 9.17) is 16.2 Å². The molecule has 2 heterocycles. The van der Waals surface area contributed by atoms with Gasteiger partial charge in [0.1, 0.15) is 23.2 Å². The number of anilines is 2. The van der Waals surface area contributed by atoms with Gasteiger partial charge in [-0.3, -0.25) is 0 Å². The molecule has 10 nitrogen and oxygen atoms in total. The van der Waals surface area contributed by atoms with Gasteiger partial charge in [-0.25, -0.2) is 14.5 Å². The van der Waals surface area contributed by atoms with Crippen molar-refractivity contribution >= 4 is 17.7 Å². The smallest absolute Gasteiger partial charge is 0.358 e. The van der Waals surface area contributed by atoms with Crippen LogP contribution in [-0.4, -0.2) is 32.8 Å². The Labute approximate surface area is 154 Å². The van der Waals surface area contributed by atoms with Gasteiger partial charge in [-0.2, -0.15) is 15.3 Å². The van der Waals surface area contributed by atoms with Gasteiger partial charge in [0.15, 0.2) is 12.4 Å². The number of carbonyl (C=O) groups is 1. The molecule has 2 aromatic heterocycles. The molecule has 3 aromatic rings. The lowest BCUT2D eigenvalue weighted by molar-refractivity contribution is 0.0592. The number of para-hydroxylation sites is 1. The maximum absolute atomic E-state index is 11.5. The minimum absolute atomic E-state index is 0.00963. The van der Waals surface area contributed by atoms with E-state index in [-0.39, 0.29) is 35.4 Å². The fourth-order valence-electron chi connectivity index (χ4n) is 2.37. The Hall–Kier alpha value is -4.13. The first-order chi connectivity index (χ1) is 13.0. The number of rotatable bonds is 5. The molecule has 1 aromatic carbocycles. The Morgan fingerprint density at radius 2 is 2.04 bits per heavy atom. The van der Waals surface area contributed by atoms with Gasteiger partial charge in [-0.1, -0.05) is 12.1 Å². The van der Waals surface area contributed by atoms with Crippen LogP contribution in [0.2, 0.25) is 0 Å². The van der Waals surface area contributed by atoms with Crippen LogP contribution in [0.25, 0.3) is 11.3 Å². The third-order valence-electron chi connectivity index (χ3n) is 3.60. The van der Waals surface area contributed by atoms with Gasteiger partial charge in [0.05, 0.1) is 12.8 Å². The molecule has 0 spiro atoms. The molecule has 27 heavy (non-hydrogen) atoms. The number of nitriles is 1. The summed E-state index contributed by atoms with van der Waals surface area (Å²) in [4.78, 5) is 19.4. The first-order valence-corrected chi connectivity index (χ1v) is 7.70. The highest BCUT2D eigenvalue weighted by Gasteiger charge is 2.17. The summed E-state index contributed by atoms with van der Waals surface area (Å²) in [6.45, 7) is 0.0198. The lowest BCUT2D eigenvalue weighted by Crippen LogP contribution is -2.10. The Morgan fingerprint density at radius 3 is 2.78 bits per heavy atom. The molecule has 0 atom stereocenters. The molecule has 0 amide bonds. The van der Waals surface area contributed by atoms with Crippen LogP contribution in [0.15, 0.2) is 36.5 Å². The summed E-state index contributed by atoms with van der Waals surface area (Å²) in [5, 5.41) is 13.4. The van der Waals surface area contributed by atoms with E-state index in [1.165, 1.54) is 17.9 Å². The Balaban J connectivity index is 1.91. The van der Waals surface area contributed by atoms with Crippen molar-refractivity contribution in [3.8, 4) is 23.1 Å². The molecule has 0 aliphatic carbocycles. The highest BCUT2D eigenvalue weighted by molar-refractivity contribution is 5.86. The molecule has 0 fully saturated rings. The molecule has 0 bridgehead atoms. The number of esters is 1. The van der Waals surface area contributed by atoms with Crippen molar-refractivity contribution in [2.24, 2.45) is 0 Å². The number of nitrogen functional groups attached to an aromatic ring is 2. The van der Waals surface area contributed by atoms with Crippen molar-refractivity contribution in [2.45, 2.75) is 6.73 Å². The van der Waals surface area contributed by atoms with E-state index in [0.717, 1.165) is 0 Å². The zero-order valence-electron chi connectivity index (χ0n) is 14.3. The lowest BCUT2D eigenvalue weighted by Gasteiger charge is -2.13. The van der Waals surface area contributed by atoms with Crippen LogP contribution >= 0.6 is 0 Å². The van der Waals surface area contributed by atoms with Gasteiger partial charge in [0, 0.05) is 11.8 Å². The summed E-state index contributed by atoms with van der Waals surface area (Å²) in [7, 11) is 1.28. The number of nitrogens with zero attached hydrogens (tertiary/aromatic N) is 5. The Kier molecular flexibility index (Phi) is 4.85. The van der Waals surface area contributed by atoms with Crippen LogP contribution in [0.1, 0.15) is 16.1 Å². The lowest BCUT2D eigenvalue weighted by atomic mass is 10.1. The maximum atomic E-state index is 11.5. The first-order valence-electron chi connectivity index (χ1n) is 7.70. The van der Waals surface area contributed by atoms with Gasteiger partial charge >= 0.3 is 5.97 Å². The minimum Gasteiger partial charge on any atom is -0.471 e. The Bertz CT molecular complexity index is 1040. The standard InChI is InChI=1S/C17H15N7O3/c1-26-16(25)12-6-7-24(23-12)9-27-13-5-3-2-4-10(13)14-11(8-18)15(19)22-17(20)21-14/h2-7H,9H2,1H3,(H4,19,20,21,22). The molecule has 0 unspecified atom stereocenters. The summed E-state index contributed by atoms with van der Waals surface area (Å²) < 4.78 is 11.8. The van der Waals surface area contributed by atoms with Crippen molar-refractivity contribution in [2.75, 3.05) is 18.6 Å². The summed E-state index contributed by atoms with van der Waals surface area (Å²) in [6.07, 6.45) is 1.58. The van der Waals surface area contributed by atoms with Crippen molar-refractivity contribution in [1.29, 1.82) is 5.26 Å². The van der Waals surface area contributed by atoms with Crippen molar-refractivity contribution < 1.29 is 14.3 Å². The zero-order valence-corrected chi connectivity index (χ0v) is 14.3. The van der Waals surface area contributed by atoms with Gasteiger partial charge in [0.2, 0.25) is 5.95 Å². The molecular weight excluding hydrogens is 350 g/mol. The maximum Gasteiger partial charge on any atom is 0.358 e. The summed E-state index contributed by atoms with van der Waals surface area (Å²) in [5.74, 6) is -0.169. The largest absolute Gasteiger partial charge is 0.471 e. The molecule has 0 saturated heterocycles. The number of methoxy groups -OCH3 is 1. The van der Waals surface area contributed by atoms with Crippen molar-refractivity contribution in [3.05, 3.63) is 47.8 Å². The number of ether oxygens (including phenoxy) is 2. The fourth-order valence-corrected chi connectivity index (χ4v) is 2.37. The number of benzene rings is 1. The second-order valence-electron chi connectivity index (χ2n) is 5.30. The van der Waals surface area contributed by atoms with E-state index in [9.17, 15) is 10.1 Å². The zero-order chi connectivity index (χ0) is 19.4. The summed E-state index contributed by atoms with van der Waals surface area (Å²) in [5.41, 5.74) is 12.5. The van der Waals surface area contributed by atoms with E-state index >= 15 is 0 Å². The average molecular weight is 365 g/mol. The summed E-state index contributed by atoms with van der Waals surface area (Å²) in [6, 6.07) is 10.5. The fraction of sp³-hybridized carbons (Fsp3) is 0.118. The molecule has 0 aliphatic rings. The quantitative estimate of drug-likeness (QED) is 0.634. The first kappa shape index (κ1) is 17.7. The van der Waals surface area contributed by atoms with Crippen LogP contribution in [0, 0.1) is 11.3 Å². The van der Waals surface area contributed by atoms with E-state index in [2.05, 4.69) is 19.8 Å². The topological polar surface area (TPSA) is 155 Å².